The maximum atomic E-state index is 9.48. The van der Waals surface area contributed by atoms with Gasteiger partial charge in [0.1, 0.15) is 0 Å². The summed E-state index contributed by atoms with van der Waals surface area (Å²) < 4.78 is 5.14. The Labute approximate surface area is 119 Å². The van der Waals surface area contributed by atoms with E-state index in [1.54, 1.807) is 18.6 Å². The van der Waals surface area contributed by atoms with E-state index in [4.69, 9.17) is 10.3 Å². The second kappa shape index (κ2) is 5.25. The van der Waals surface area contributed by atoms with Gasteiger partial charge in [-0.15, -0.1) is 0 Å². The highest BCUT2D eigenvalue weighted by Gasteiger charge is 2.17. The summed E-state index contributed by atoms with van der Waals surface area (Å²) in [6.07, 6.45) is 3.73. The standard InChI is InChI=1S/C13H13N5O3/c14-9(4-8-5-15-6-16-8)13-17-12(18-21-13)7-1-2-10(19)11(20)3-7/h1-3,5-6,9,19-20H,4,14H2,(H,15,16). The van der Waals surface area contributed by atoms with Crippen LogP contribution in [-0.2, 0) is 6.42 Å². The lowest BCUT2D eigenvalue weighted by Crippen LogP contribution is -2.13. The van der Waals surface area contributed by atoms with Crippen LogP contribution in [0.15, 0.2) is 35.2 Å². The number of aromatic amines is 1. The van der Waals surface area contributed by atoms with Crippen LogP contribution >= 0.6 is 0 Å². The van der Waals surface area contributed by atoms with Crippen molar-refractivity contribution in [2.24, 2.45) is 5.73 Å². The number of imidazole rings is 1. The number of benzene rings is 1. The van der Waals surface area contributed by atoms with Crippen LogP contribution in [0.4, 0.5) is 0 Å². The third kappa shape index (κ3) is 2.70. The number of aromatic nitrogens is 4. The Balaban J connectivity index is 1.80. The Morgan fingerprint density at radius 3 is 2.86 bits per heavy atom. The van der Waals surface area contributed by atoms with Crippen LogP contribution in [0.2, 0.25) is 0 Å². The molecule has 0 fully saturated rings. The van der Waals surface area contributed by atoms with Crippen molar-refractivity contribution in [1.82, 2.24) is 20.1 Å². The summed E-state index contributed by atoms with van der Waals surface area (Å²) in [5.41, 5.74) is 7.39. The lowest BCUT2D eigenvalue weighted by molar-refractivity contribution is 0.354. The SMILES string of the molecule is NC(Cc1cnc[nH]1)c1nc(-c2ccc(O)c(O)c2)no1. The third-order valence-electron chi connectivity index (χ3n) is 2.99. The van der Waals surface area contributed by atoms with E-state index >= 15 is 0 Å². The van der Waals surface area contributed by atoms with Gasteiger partial charge in [-0.05, 0) is 18.2 Å². The highest BCUT2D eigenvalue weighted by molar-refractivity contribution is 5.59. The average molecular weight is 287 g/mol. The normalized spacial score (nSPS) is 12.4. The summed E-state index contributed by atoms with van der Waals surface area (Å²) in [6.45, 7) is 0. The Morgan fingerprint density at radius 1 is 1.29 bits per heavy atom. The van der Waals surface area contributed by atoms with Gasteiger partial charge in [-0.3, -0.25) is 0 Å². The molecule has 0 aliphatic rings. The molecule has 0 saturated heterocycles. The van der Waals surface area contributed by atoms with Gasteiger partial charge in [0.25, 0.3) is 0 Å². The molecular weight excluding hydrogens is 274 g/mol. The monoisotopic (exact) mass is 287 g/mol. The van der Waals surface area contributed by atoms with E-state index in [0.29, 0.717) is 17.8 Å². The molecule has 1 aromatic carbocycles. The molecule has 3 aromatic rings. The van der Waals surface area contributed by atoms with Gasteiger partial charge < -0.3 is 25.5 Å². The van der Waals surface area contributed by atoms with Crippen molar-refractivity contribution in [3.8, 4) is 22.9 Å². The first-order valence-corrected chi connectivity index (χ1v) is 6.22. The van der Waals surface area contributed by atoms with Crippen molar-refractivity contribution in [1.29, 1.82) is 0 Å². The maximum Gasteiger partial charge on any atom is 0.244 e. The molecule has 8 nitrogen and oxygen atoms in total. The molecule has 0 aliphatic heterocycles. The Kier molecular flexibility index (Phi) is 3.28. The number of phenolic OH excluding ortho intramolecular Hbond substituents is 2. The van der Waals surface area contributed by atoms with Gasteiger partial charge in [0.2, 0.25) is 11.7 Å². The Bertz CT molecular complexity index is 738. The predicted molar refractivity (Wildman–Crippen MR) is 72.3 cm³/mol. The fourth-order valence-electron chi connectivity index (χ4n) is 1.89. The Morgan fingerprint density at radius 2 is 2.14 bits per heavy atom. The van der Waals surface area contributed by atoms with Crippen molar-refractivity contribution >= 4 is 0 Å². The molecule has 1 unspecified atom stereocenters. The average Bonchev–Trinajstić information content (AvgIpc) is 3.12. The number of hydrogen-bond donors (Lipinski definition) is 4. The van der Waals surface area contributed by atoms with Crippen molar-refractivity contribution in [2.75, 3.05) is 0 Å². The number of rotatable bonds is 4. The van der Waals surface area contributed by atoms with Gasteiger partial charge in [0.15, 0.2) is 11.5 Å². The topological polar surface area (TPSA) is 134 Å². The number of nitrogens with two attached hydrogens (primary N) is 1. The summed E-state index contributed by atoms with van der Waals surface area (Å²) in [5.74, 6) is 0.117. The third-order valence-corrected chi connectivity index (χ3v) is 2.99. The first-order valence-electron chi connectivity index (χ1n) is 6.22. The van der Waals surface area contributed by atoms with Crippen LogP contribution in [0, 0.1) is 0 Å². The molecule has 0 aliphatic carbocycles. The fraction of sp³-hybridized carbons (Fsp3) is 0.154. The lowest BCUT2D eigenvalue weighted by atomic mass is 10.1. The lowest BCUT2D eigenvalue weighted by Gasteiger charge is -2.03. The molecule has 3 rings (SSSR count). The van der Waals surface area contributed by atoms with Gasteiger partial charge in [-0.2, -0.15) is 4.98 Å². The second-order valence-corrected chi connectivity index (χ2v) is 4.55. The number of hydrogen-bond acceptors (Lipinski definition) is 7. The molecule has 0 bridgehead atoms. The summed E-state index contributed by atoms with van der Waals surface area (Å²) in [6, 6.07) is 3.82. The van der Waals surface area contributed by atoms with E-state index in [2.05, 4.69) is 20.1 Å². The first-order chi connectivity index (χ1) is 10.1. The van der Waals surface area contributed by atoms with E-state index in [9.17, 15) is 10.2 Å². The minimum absolute atomic E-state index is 0.210. The number of nitrogens with zero attached hydrogens (tertiary/aromatic N) is 3. The zero-order valence-electron chi connectivity index (χ0n) is 10.9. The molecule has 21 heavy (non-hydrogen) atoms. The number of H-pyrrole nitrogens is 1. The molecule has 2 heterocycles. The smallest absolute Gasteiger partial charge is 0.244 e. The van der Waals surface area contributed by atoms with E-state index in [-0.39, 0.29) is 17.4 Å². The number of aromatic hydroxyl groups is 2. The summed E-state index contributed by atoms with van der Waals surface area (Å²) >= 11 is 0. The molecule has 0 radical (unpaired) electrons. The first kappa shape index (κ1) is 13.1. The van der Waals surface area contributed by atoms with Crippen molar-refractivity contribution in [3.63, 3.8) is 0 Å². The summed E-state index contributed by atoms with van der Waals surface area (Å²) in [5, 5.41) is 22.6. The highest BCUT2D eigenvalue weighted by atomic mass is 16.5. The quantitative estimate of drug-likeness (QED) is 0.528. The second-order valence-electron chi connectivity index (χ2n) is 4.55. The van der Waals surface area contributed by atoms with E-state index < -0.39 is 6.04 Å². The van der Waals surface area contributed by atoms with Crippen LogP contribution in [0.1, 0.15) is 17.6 Å². The minimum atomic E-state index is -0.461. The molecular formula is C13H13N5O3. The van der Waals surface area contributed by atoms with E-state index in [1.165, 1.54) is 12.1 Å². The maximum absolute atomic E-state index is 9.48. The molecule has 0 spiro atoms. The van der Waals surface area contributed by atoms with Gasteiger partial charge in [-0.1, -0.05) is 5.16 Å². The molecule has 5 N–H and O–H groups in total. The number of nitrogens with one attached hydrogen (secondary N) is 1. The van der Waals surface area contributed by atoms with Gasteiger partial charge in [0, 0.05) is 23.9 Å². The van der Waals surface area contributed by atoms with Crippen LogP contribution < -0.4 is 5.73 Å². The summed E-state index contributed by atoms with van der Waals surface area (Å²) in [7, 11) is 0. The minimum Gasteiger partial charge on any atom is -0.504 e. The molecule has 2 aromatic heterocycles. The van der Waals surface area contributed by atoms with Gasteiger partial charge in [0.05, 0.1) is 12.4 Å². The number of phenols is 2. The van der Waals surface area contributed by atoms with Gasteiger partial charge in [-0.25, -0.2) is 4.98 Å². The molecule has 0 saturated carbocycles. The molecule has 8 heteroatoms. The molecule has 108 valence electrons. The van der Waals surface area contributed by atoms with Crippen LogP contribution in [0.25, 0.3) is 11.4 Å². The molecule has 0 amide bonds. The predicted octanol–water partition coefficient (Wildman–Crippen LogP) is 1.11. The van der Waals surface area contributed by atoms with E-state index in [0.717, 1.165) is 5.69 Å². The zero-order chi connectivity index (χ0) is 14.8. The largest absolute Gasteiger partial charge is 0.504 e. The summed E-state index contributed by atoms with van der Waals surface area (Å²) in [4.78, 5) is 11.1. The Hall–Kier alpha value is -2.87. The van der Waals surface area contributed by atoms with Crippen LogP contribution in [0.5, 0.6) is 11.5 Å². The van der Waals surface area contributed by atoms with E-state index in [1.807, 2.05) is 0 Å². The van der Waals surface area contributed by atoms with Crippen LogP contribution in [0.3, 0.4) is 0 Å². The van der Waals surface area contributed by atoms with Crippen molar-refractivity contribution < 1.29 is 14.7 Å². The molecule has 1 atom stereocenters. The van der Waals surface area contributed by atoms with Crippen molar-refractivity contribution in [3.05, 3.63) is 42.3 Å². The van der Waals surface area contributed by atoms with Crippen molar-refractivity contribution in [2.45, 2.75) is 12.5 Å². The fourth-order valence-corrected chi connectivity index (χ4v) is 1.89. The van der Waals surface area contributed by atoms with Crippen LogP contribution in [-0.4, -0.2) is 30.3 Å². The van der Waals surface area contributed by atoms with Gasteiger partial charge >= 0.3 is 0 Å². The highest BCUT2D eigenvalue weighted by Crippen LogP contribution is 2.29. The zero-order valence-corrected chi connectivity index (χ0v) is 10.9.